The predicted molar refractivity (Wildman–Crippen MR) is 92.2 cm³/mol. The number of halogens is 1. The fraction of sp³-hybridized carbons (Fsp3) is 0.222. The van der Waals surface area contributed by atoms with Crippen molar-refractivity contribution in [3.8, 4) is 6.07 Å². The van der Waals surface area contributed by atoms with Crippen LogP contribution < -0.4 is 5.32 Å². The van der Waals surface area contributed by atoms with Crippen LogP contribution in [0, 0.1) is 11.3 Å². The van der Waals surface area contributed by atoms with Crippen LogP contribution in [0.15, 0.2) is 48.5 Å². The first kappa shape index (κ1) is 17.0. The third-order valence-corrected chi connectivity index (χ3v) is 3.94. The van der Waals surface area contributed by atoms with Crippen LogP contribution in [0.3, 0.4) is 0 Å². The summed E-state index contributed by atoms with van der Waals surface area (Å²) < 4.78 is 0. The Morgan fingerprint density at radius 2 is 1.91 bits per heavy atom. The number of rotatable bonds is 5. The van der Waals surface area contributed by atoms with Gasteiger partial charge < -0.3 is 5.32 Å². The maximum Gasteiger partial charge on any atom is 0.241 e. The van der Waals surface area contributed by atoms with Crippen LogP contribution in [-0.2, 0) is 11.3 Å². The Morgan fingerprint density at radius 3 is 2.57 bits per heavy atom. The van der Waals surface area contributed by atoms with E-state index in [1.165, 1.54) is 0 Å². The van der Waals surface area contributed by atoms with Gasteiger partial charge in [-0.2, -0.15) is 5.26 Å². The molecule has 23 heavy (non-hydrogen) atoms. The minimum atomic E-state index is -0.336. The van der Waals surface area contributed by atoms with Crippen LogP contribution in [0.5, 0.6) is 0 Å². The second-order valence-corrected chi connectivity index (χ2v) is 5.80. The molecule has 4 nitrogen and oxygen atoms in total. The predicted octanol–water partition coefficient (Wildman–Crippen LogP) is 3.67. The number of hydrogen-bond acceptors (Lipinski definition) is 3. The smallest absolute Gasteiger partial charge is 0.241 e. The molecule has 1 amide bonds. The molecule has 5 heteroatoms. The van der Waals surface area contributed by atoms with Gasteiger partial charge in [-0.15, -0.1) is 0 Å². The molecule has 0 heterocycles. The number of carbonyl (C=O) groups is 1. The van der Waals surface area contributed by atoms with Crippen LogP contribution in [0.25, 0.3) is 0 Å². The van der Waals surface area contributed by atoms with Crippen LogP contribution in [0.1, 0.15) is 18.1 Å². The first-order valence-corrected chi connectivity index (χ1v) is 7.63. The SMILES string of the molecule is C[C@H](C(=O)Nc1ccccc1C#N)N(C)Cc1ccc(Cl)cc1. The van der Waals surface area contributed by atoms with E-state index in [4.69, 9.17) is 16.9 Å². The van der Waals surface area contributed by atoms with E-state index in [0.717, 1.165) is 5.56 Å². The Kier molecular flexibility index (Phi) is 5.75. The Labute approximate surface area is 141 Å². The molecule has 2 aromatic rings. The molecule has 0 aliphatic carbocycles. The van der Waals surface area contributed by atoms with Crippen molar-refractivity contribution in [3.05, 3.63) is 64.7 Å². The highest BCUT2D eigenvalue weighted by molar-refractivity contribution is 6.30. The largest absolute Gasteiger partial charge is 0.324 e. The van der Waals surface area contributed by atoms with Crippen molar-refractivity contribution in [2.24, 2.45) is 0 Å². The summed E-state index contributed by atoms with van der Waals surface area (Å²) in [6, 6.07) is 16.2. The molecule has 0 spiro atoms. The van der Waals surface area contributed by atoms with E-state index < -0.39 is 0 Å². The van der Waals surface area contributed by atoms with Crippen molar-refractivity contribution >= 4 is 23.2 Å². The molecule has 0 aliphatic heterocycles. The molecule has 118 valence electrons. The number of para-hydroxylation sites is 1. The molecule has 2 aromatic carbocycles. The summed E-state index contributed by atoms with van der Waals surface area (Å²) in [5.41, 5.74) is 2.06. The standard InChI is InChI=1S/C18H18ClN3O/c1-13(22(2)12-14-7-9-16(19)10-8-14)18(23)21-17-6-4-3-5-15(17)11-20/h3-10,13H,12H2,1-2H3,(H,21,23)/t13-/m1/s1. The van der Waals surface area contributed by atoms with Crippen molar-refractivity contribution in [3.63, 3.8) is 0 Å². The van der Waals surface area contributed by atoms with Gasteiger partial charge in [0.15, 0.2) is 0 Å². The molecule has 1 atom stereocenters. The van der Waals surface area contributed by atoms with Gasteiger partial charge in [0, 0.05) is 11.6 Å². The zero-order valence-corrected chi connectivity index (χ0v) is 13.8. The number of nitrogens with one attached hydrogen (secondary N) is 1. The van der Waals surface area contributed by atoms with Gasteiger partial charge in [0.25, 0.3) is 0 Å². The van der Waals surface area contributed by atoms with Gasteiger partial charge in [-0.05, 0) is 43.8 Å². The second kappa shape index (κ2) is 7.77. The maximum atomic E-state index is 12.4. The van der Waals surface area contributed by atoms with Crippen molar-refractivity contribution < 1.29 is 4.79 Å². The van der Waals surface area contributed by atoms with Crippen LogP contribution >= 0.6 is 11.6 Å². The lowest BCUT2D eigenvalue weighted by Gasteiger charge is -2.24. The number of anilines is 1. The third-order valence-electron chi connectivity index (χ3n) is 3.69. The Hall–Kier alpha value is -2.35. The van der Waals surface area contributed by atoms with Crippen molar-refractivity contribution in [1.82, 2.24) is 4.90 Å². The van der Waals surface area contributed by atoms with Gasteiger partial charge in [-0.1, -0.05) is 35.9 Å². The van der Waals surface area contributed by atoms with E-state index in [1.54, 1.807) is 24.3 Å². The minimum absolute atomic E-state index is 0.149. The quantitative estimate of drug-likeness (QED) is 0.911. The Balaban J connectivity index is 2.01. The third kappa shape index (κ3) is 4.56. The molecular weight excluding hydrogens is 310 g/mol. The highest BCUT2D eigenvalue weighted by atomic mass is 35.5. The minimum Gasteiger partial charge on any atom is -0.324 e. The molecule has 0 bridgehead atoms. The number of amides is 1. The average Bonchev–Trinajstić information content (AvgIpc) is 2.56. The number of likely N-dealkylation sites (N-methyl/N-ethyl adjacent to an activating group) is 1. The van der Waals surface area contributed by atoms with Crippen molar-refractivity contribution in [1.29, 1.82) is 5.26 Å². The van der Waals surface area contributed by atoms with Crippen molar-refractivity contribution in [2.75, 3.05) is 12.4 Å². The summed E-state index contributed by atoms with van der Waals surface area (Å²) in [6.45, 7) is 2.46. The van der Waals surface area contributed by atoms with Crippen LogP contribution in [0.4, 0.5) is 5.69 Å². The van der Waals surface area contributed by atoms with E-state index in [0.29, 0.717) is 22.8 Å². The topological polar surface area (TPSA) is 56.1 Å². The molecule has 2 rings (SSSR count). The fourth-order valence-electron chi connectivity index (χ4n) is 2.14. The lowest BCUT2D eigenvalue weighted by Crippen LogP contribution is -2.39. The lowest BCUT2D eigenvalue weighted by molar-refractivity contribution is -0.120. The van der Waals surface area contributed by atoms with E-state index in [9.17, 15) is 4.79 Å². The van der Waals surface area contributed by atoms with E-state index in [-0.39, 0.29) is 11.9 Å². The van der Waals surface area contributed by atoms with Gasteiger partial charge in [0.05, 0.1) is 17.3 Å². The van der Waals surface area contributed by atoms with E-state index >= 15 is 0 Å². The summed E-state index contributed by atoms with van der Waals surface area (Å²) >= 11 is 5.88. The highest BCUT2D eigenvalue weighted by Gasteiger charge is 2.19. The monoisotopic (exact) mass is 327 g/mol. The van der Waals surface area contributed by atoms with Crippen LogP contribution in [-0.4, -0.2) is 23.9 Å². The molecular formula is C18H18ClN3O. The van der Waals surface area contributed by atoms with Gasteiger partial charge in [-0.3, -0.25) is 9.69 Å². The molecule has 0 aromatic heterocycles. The molecule has 1 N–H and O–H groups in total. The second-order valence-electron chi connectivity index (χ2n) is 5.36. The lowest BCUT2D eigenvalue weighted by atomic mass is 10.1. The summed E-state index contributed by atoms with van der Waals surface area (Å²) in [5.74, 6) is -0.149. The molecule has 0 fully saturated rings. The Bertz CT molecular complexity index is 722. The van der Waals surface area contributed by atoms with Gasteiger partial charge in [0.1, 0.15) is 6.07 Å². The summed E-state index contributed by atoms with van der Waals surface area (Å²) in [5, 5.41) is 12.6. The highest BCUT2D eigenvalue weighted by Crippen LogP contribution is 2.16. The normalized spacial score (nSPS) is 11.8. The summed E-state index contributed by atoms with van der Waals surface area (Å²) in [4.78, 5) is 14.3. The summed E-state index contributed by atoms with van der Waals surface area (Å²) in [6.07, 6.45) is 0. The van der Waals surface area contributed by atoms with Gasteiger partial charge in [0.2, 0.25) is 5.91 Å². The molecule has 0 aliphatic rings. The average molecular weight is 328 g/mol. The summed E-state index contributed by atoms with van der Waals surface area (Å²) in [7, 11) is 1.88. The van der Waals surface area contributed by atoms with E-state index in [1.807, 2.05) is 43.1 Å². The van der Waals surface area contributed by atoms with Crippen LogP contribution in [0.2, 0.25) is 5.02 Å². The Morgan fingerprint density at radius 1 is 1.26 bits per heavy atom. The van der Waals surface area contributed by atoms with E-state index in [2.05, 4.69) is 11.4 Å². The number of nitriles is 1. The molecule has 0 saturated heterocycles. The fourth-order valence-corrected chi connectivity index (χ4v) is 2.27. The molecule has 0 radical (unpaired) electrons. The van der Waals surface area contributed by atoms with Gasteiger partial charge >= 0.3 is 0 Å². The molecule has 0 saturated carbocycles. The molecule has 0 unspecified atom stereocenters. The first-order valence-electron chi connectivity index (χ1n) is 7.26. The van der Waals surface area contributed by atoms with Crippen molar-refractivity contribution in [2.45, 2.75) is 19.5 Å². The maximum absolute atomic E-state index is 12.4. The number of nitrogens with zero attached hydrogens (tertiary/aromatic N) is 2. The number of carbonyl (C=O) groups excluding carboxylic acids is 1. The first-order chi connectivity index (χ1) is 11.0. The zero-order chi connectivity index (χ0) is 16.8. The van der Waals surface area contributed by atoms with Gasteiger partial charge in [-0.25, -0.2) is 0 Å². The zero-order valence-electron chi connectivity index (χ0n) is 13.1. The number of hydrogen-bond donors (Lipinski definition) is 1. The number of benzene rings is 2.